The Hall–Kier alpha value is -1.15. The number of hydrogen-bond acceptors (Lipinski definition) is 2. The molecule has 0 aromatic heterocycles. The molecule has 1 aromatic rings. The molecule has 0 radical (unpaired) electrons. The van der Waals surface area contributed by atoms with Gasteiger partial charge in [0.05, 0.1) is 0 Å². The van der Waals surface area contributed by atoms with Gasteiger partial charge in [-0.25, -0.2) is 0 Å². The summed E-state index contributed by atoms with van der Waals surface area (Å²) in [6, 6.07) is 9.67. The summed E-state index contributed by atoms with van der Waals surface area (Å²) in [6.45, 7) is 7.57. The third kappa shape index (κ3) is 3.90. The maximum Gasteiger partial charge on any atom is 0.166 e. The van der Waals surface area contributed by atoms with Crippen molar-refractivity contribution in [1.82, 2.24) is 4.90 Å². The van der Waals surface area contributed by atoms with E-state index in [1.807, 2.05) is 30.3 Å². The molecular weight excluding hydrogens is 234 g/mol. The first-order valence-corrected chi connectivity index (χ1v) is 7.52. The van der Waals surface area contributed by atoms with Crippen molar-refractivity contribution >= 4 is 5.78 Å². The molecule has 104 valence electrons. The van der Waals surface area contributed by atoms with Gasteiger partial charge < -0.3 is 4.90 Å². The highest BCUT2D eigenvalue weighted by atomic mass is 16.1. The average molecular weight is 259 g/mol. The fourth-order valence-electron chi connectivity index (χ4n) is 3.08. The van der Waals surface area contributed by atoms with Crippen LogP contribution in [-0.2, 0) is 0 Å². The van der Waals surface area contributed by atoms with Gasteiger partial charge in [0.2, 0.25) is 0 Å². The number of benzene rings is 1. The molecule has 0 N–H and O–H groups in total. The topological polar surface area (TPSA) is 20.3 Å². The Morgan fingerprint density at radius 2 is 2.11 bits per heavy atom. The maximum atomic E-state index is 12.3. The second kappa shape index (κ2) is 6.85. The van der Waals surface area contributed by atoms with Crippen LogP contribution in [0.3, 0.4) is 0 Å². The number of hydrogen-bond donors (Lipinski definition) is 0. The van der Waals surface area contributed by atoms with Crippen molar-refractivity contribution in [1.29, 1.82) is 0 Å². The third-order valence-corrected chi connectivity index (χ3v) is 4.10. The van der Waals surface area contributed by atoms with Gasteiger partial charge in [-0.1, -0.05) is 50.6 Å². The highest BCUT2D eigenvalue weighted by Crippen LogP contribution is 2.22. The minimum absolute atomic E-state index is 0.0998. The van der Waals surface area contributed by atoms with Gasteiger partial charge in [-0.15, -0.1) is 0 Å². The fraction of sp³-hybridized carbons (Fsp3) is 0.588. The van der Waals surface area contributed by atoms with E-state index in [9.17, 15) is 4.79 Å². The summed E-state index contributed by atoms with van der Waals surface area (Å²) in [5.41, 5.74) is 0.847. The lowest BCUT2D eigenvalue weighted by Crippen LogP contribution is -2.30. The number of nitrogens with zero attached hydrogens (tertiary/aromatic N) is 1. The zero-order chi connectivity index (χ0) is 13.7. The summed E-state index contributed by atoms with van der Waals surface area (Å²) < 4.78 is 0. The number of Topliss-reactive ketones (excluding diaryl/α,β-unsaturated/α-hetero) is 1. The third-order valence-electron chi connectivity index (χ3n) is 4.10. The quantitative estimate of drug-likeness (QED) is 0.727. The molecule has 1 heterocycles. The van der Waals surface area contributed by atoms with Crippen LogP contribution in [0.5, 0.6) is 0 Å². The summed E-state index contributed by atoms with van der Waals surface area (Å²) in [5, 5.41) is 0. The summed E-state index contributed by atoms with van der Waals surface area (Å²) >= 11 is 0. The van der Waals surface area contributed by atoms with Gasteiger partial charge in [-0.2, -0.15) is 0 Å². The molecule has 2 nitrogen and oxygen atoms in total. The number of carbonyl (C=O) groups excluding carboxylic acids is 1. The molecule has 2 heteroatoms. The van der Waals surface area contributed by atoms with Gasteiger partial charge in [-0.05, 0) is 25.3 Å². The van der Waals surface area contributed by atoms with Crippen LogP contribution in [0.15, 0.2) is 30.3 Å². The SMILES string of the molecule is CCCC1CCN(CC(C)C(=O)c2ccccc2)C1. The van der Waals surface area contributed by atoms with E-state index in [0.29, 0.717) is 0 Å². The Bertz CT molecular complexity index is 401. The number of carbonyl (C=O) groups is 1. The van der Waals surface area contributed by atoms with Crippen LogP contribution in [-0.4, -0.2) is 30.3 Å². The first kappa shape index (κ1) is 14.3. The Morgan fingerprint density at radius 3 is 2.79 bits per heavy atom. The predicted molar refractivity (Wildman–Crippen MR) is 79.4 cm³/mol. The summed E-state index contributed by atoms with van der Waals surface area (Å²) in [7, 11) is 0. The number of likely N-dealkylation sites (tertiary alicyclic amines) is 1. The van der Waals surface area contributed by atoms with Gasteiger partial charge >= 0.3 is 0 Å². The first-order chi connectivity index (χ1) is 9.20. The van der Waals surface area contributed by atoms with Crippen LogP contribution < -0.4 is 0 Å². The molecule has 1 aromatic carbocycles. The van der Waals surface area contributed by atoms with E-state index in [0.717, 1.165) is 24.6 Å². The normalized spacial score (nSPS) is 21.5. The van der Waals surface area contributed by atoms with Crippen molar-refractivity contribution in [3.05, 3.63) is 35.9 Å². The molecule has 0 saturated carbocycles. The van der Waals surface area contributed by atoms with Gasteiger partial charge in [0.15, 0.2) is 5.78 Å². The van der Waals surface area contributed by atoms with Crippen molar-refractivity contribution in [2.45, 2.75) is 33.1 Å². The lowest BCUT2D eigenvalue weighted by molar-refractivity contribution is 0.0901. The van der Waals surface area contributed by atoms with Crippen LogP contribution >= 0.6 is 0 Å². The van der Waals surface area contributed by atoms with Gasteiger partial charge in [0.25, 0.3) is 0 Å². The summed E-state index contributed by atoms with van der Waals surface area (Å²) in [6.07, 6.45) is 3.91. The zero-order valence-corrected chi connectivity index (χ0v) is 12.1. The van der Waals surface area contributed by atoms with Crippen molar-refractivity contribution < 1.29 is 4.79 Å². The molecule has 0 amide bonds. The molecule has 0 aliphatic carbocycles. The van der Waals surface area contributed by atoms with Gasteiger partial charge in [-0.3, -0.25) is 4.79 Å². The maximum absolute atomic E-state index is 12.3. The van der Waals surface area contributed by atoms with E-state index in [2.05, 4.69) is 18.7 Å². The lowest BCUT2D eigenvalue weighted by atomic mass is 9.99. The molecule has 1 aliphatic rings. The molecule has 2 unspecified atom stereocenters. The second-order valence-corrected chi connectivity index (χ2v) is 5.83. The van der Waals surface area contributed by atoms with Crippen LogP contribution in [0.25, 0.3) is 0 Å². The van der Waals surface area contributed by atoms with Gasteiger partial charge in [0.1, 0.15) is 0 Å². The smallest absolute Gasteiger partial charge is 0.166 e. The minimum Gasteiger partial charge on any atom is -0.302 e. The number of rotatable bonds is 6. The number of ketones is 1. The largest absolute Gasteiger partial charge is 0.302 e. The molecule has 2 atom stereocenters. The minimum atomic E-state index is 0.0998. The van der Waals surface area contributed by atoms with E-state index in [1.165, 1.54) is 25.8 Å². The molecule has 1 fully saturated rings. The molecule has 0 spiro atoms. The van der Waals surface area contributed by atoms with Crippen LogP contribution in [0, 0.1) is 11.8 Å². The van der Waals surface area contributed by atoms with Crippen molar-refractivity contribution in [2.24, 2.45) is 11.8 Å². The predicted octanol–water partition coefficient (Wildman–Crippen LogP) is 3.63. The highest BCUT2D eigenvalue weighted by molar-refractivity contribution is 5.97. The van der Waals surface area contributed by atoms with E-state index < -0.39 is 0 Å². The first-order valence-electron chi connectivity index (χ1n) is 7.52. The van der Waals surface area contributed by atoms with Crippen LogP contribution in [0.1, 0.15) is 43.5 Å². The standard InChI is InChI=1S/C17H25NO/c1-3-7-15-10-11-18(13-15)12-14(2)17(19)16-8-5-4-6-9-16/h4-6,8-9,14-15H,3,7,10-13H2,1-2H3. The second-order valence-electron chi connectivity index (χ2n) is 5.83. The van der Waals surface area contributed by atoms with E-state index in [1.54, 1.807) is 0 Å². The Balaban J connectivity index is 1.85. The van der Waals surface area contributed by atoms with E-state index in [4.69, 9.17) is 0 Å². The molecule has 1 aliphatic heterocycles. The highest BCUT2D eigenvalue weighted by Gasteiger charge is 2.25. The average Bonchev–Trinajstić information content (AvgIpc) is 2.86. The van der Waals surface area contributed by atoms with Crippen LogP contribution in [0.2, 0.25) is 0 Å². The van der Waals surface area contributed by atoms with Gasteiger partial charge in [0, 0.05) is 24.6 Å². The Kier molecular flexibility index (Phi) is 5.15. The Morgan fingerprint density at radius 1 is 1.37 bits per heavy atom. The monoisotopic (exact) mass is 259 g/mol. The molecule has 1 saturated heterocycles. The molecule has 0 bridgehead atoms. The fourth-order valence-corrected chi connectivity index (χ4v) is 3.08. The van der Waals surface area contributed by atoms with Crippen molar-refractivity contribution in [3.8, 4) is 0 Å². The Labute approximate surface area is 116 Å². The summed E-state index contributed by atoms with van der Waals surface area (Å²) in [5.74, 6) is 1.23. The van der Waals surface area contributed by atoms with E-state index >= 15 is 0 Å². The van der Waals surface area contributed by atoms with Crippen LogP contribution in [0.4, 0.5) is 0 Å². The summed E-state index contributed by atoms with van der Waals surface area (Å²) in [4.78, 5) is 14.8. The molecule has 19 heavy (non-hydrogen) atoms. The molecule has 2 rings (SSSR count). The molecular formula is C17H25NO. The van der Waals surface area contributed by atoms with Crippen molar-refractivity contribution in [3.63, 3.8) is 0 Å². The lowest BCUT2D eigenvalue weighted by Gasteiger charge is -2.20. The van der Waals surface area contributed by atoms with E-state index in [-0.39, 0.29) is 11.7 Å². The zero-order valence-electron chi connectivity index (χ0n) is 12.1. The van der Waals surface area contributed by atoms with Crippen molar-refractivity contribution in [2.75, 3.05) is 19.6 Å².